The first-order chi connectivity index (χ1) is 6.22. The van der Waals surface area contributed by atoms with Gasteiger partial charge in [-0.15, -0.1) is 0 Å². The highest BCUT2D eigenvalue weighted by atomic mass is 16.6. The summed E-state index contributed by atoms with van der Waals surface area (Å²) in [4.78, 5) is 10.3. The van der Waals surface area contributed by atoms with E-state index in [4.69, 9.17) is 0 Å². The van der Waals surface area contributed by atoms with Crippen molar-refractivity contribution in [3.8, 4) is 0 Å². The fraction of sp³-hybridized carbons (Fsp3) is 0.300. The van der Waals surface area contributed by atoms with Crippen molar-refractivity contribution in [3.63, 3.8) is 0 Å². The van der Waals surface area contributed by atoms with E-state index in [0.29, 0.717) is 13.2 Å². The number of hydrogen-bond donors (Lipinski definition) is 0. The van der Waals surface area contributed by atoms with Crippen LogP contribution < -0.4 is 0 Å². The third-order valence-electron chi connectivity index (χ3n) is 0.865. The minimum Gasteiger partial charge on any atom is -0.460 e. The van der Waals surface area contributed by atoms with E-state index >= 15 is 0 Å². The van der Waals surface area contributed by atoms with Gasteiger partial charge in [-0.25, -0.2) is 4.79 Å². The number of hydrogen-bond acceptors (Lipinski definition) is 3. The largest absolute Gasteiger partial charge is 0.460 e. The van der Waals surface area contributed by atoms with Crippen LogP contribution in [0.1, 0.15) is 0 Å². The van der Waals surface area contributed by atoms with E-state index in [2.05, 4.69) is 29.2 Å². The van der Waals surface area contributed by atoms with Gasteiger partial charge >= 0.3 is 5.97 Å². The standard InChI is InChI=1S/C6H10O3.C4H6/c1-3-6(7)9-5-4-8-2;1-3-4-2/h3H,1,4-5H2,2H3;3-4H,1-2H2. The van der Waals surface area contributed by atoms with Gasteiger partial charge in [0.25, 0.3) is 0 Å². The van der Waals surface area contributed by atoms with Crippen molar-refractivity contribution in [3.05, 3.63) is 38.0 Å². The third-order valence-corrected chi connectivity index (χ3v) is 0.865. The quantitative estimate of drug-likeness (QED) is 0.282. The van der Waals surface area contributed by atoms with Gasteiger partial charge in [0, 0.05) is 13.2 Å². The molecule has 3 nitrogen and oxygen atoms in total. The smallest absolute Gasteiger partial charge is 0.330 e. The number of rotatable bonds is 5. The maximum Gasteiger partial charge on any atom is 0.330 e. The van der Waals surface area contributed by atoms with Crippen LogP contribution in [0, 0.1) is 0 Å². The first-order valence-corrected chi connectivity index (χ1v) is 3.74. The molecule has 74 valence electrons. The summed E-state index contributed by atoms with van der Waals surface area (Å²) in [7, 11) is 1.54. The fourth-order valence-electron chi connectivity index (χ4n) is 0.285. The Balaban J connectivity index is 0. The Kier molecular flexibility index (Phi) is 14.5. The van der Waals surface area contributed by atoms with Gasteiger partial charge in [0.05, 0.1) is 6.61 Å². The normalized spacial score (nSPS) is 7.46. The summed E-state index contributed by atoms with van der Waals surface area (Å²) in [6, 6.07) is 0. The zero-order valence-corrected chi connectivity index (χ0v) is 7.99. The molecule has 0 amide bonds. The van der Waals surface area contributed by atoms with E-state index in [-0.39, 0.29) is 0 Å². The summed E-state index contributed by atoms with van der Waals surface area (Å²) in [5.41, 5.74) is 0. The SMILES string of the molecule is C=CC(=O)OCCOC.C=CC=C. The number of allylic oxidation sites excluding steroid dienone is 2. The Morgan fingerprint density at radius 3 is 2.08 bits per heavy atom. The highest BCUT2D eigenvalue weighted by molar-refractivity contribution is 5.81. The summed E-state index contributed by atoms with van der Waals surface area (Å²) in [5.74, 6) is -0.410. The molecule has 0 rings (SSSR count). The van der Waals surface area contributed by atoms with Gasteiger partial charge in [0.1, 0.15) is 6.61 Å². The van der Waals surface area contributed by atoms with Crippen molar-refractivity contribution >= 4 is 5.97 Å². The predicted octanol–water partition coefficient (Wildman–Crippen LogP) is 1.72. The van der Waals surface area contributed by atoms with Gasteiger partial charge in [-0.2, -0.15) is 0 Å². The number of carbonyl (C=O) groups is 1. The Labute approximate surface area is 79.3 Å². The molecule has 0 heterocycles. The highest BCUT2D eigenvalue weighted by Gasteiger charge is 1.91. The Morgan fingerprint density at radius 2 is 1.77 bits per heavy atom. The molecule has 0 atom stereocenters. The van der Waals surface area contributed by atoms with Crippen molar-refractivity contribution in [2.75, 3.05) is 20.3 Å². The molecular formula is C10H16O3. The van der Waals surface area contributed by atoms with Crippen molar-refractivity contribution in [1.29, 1.82) is 0 Å². The maximum absolute atomic E-state index is 10.3. The predicted molar refractivity (Wildman–Crippen MR) is 53.4 cm³/mol. The van der Waals surface area contributed by atoms with E-state index in [0.717, 1.165) is 6.08 Å². The van der Waals surface area contributed by atoms with E-state index in [1.54, 1.807) is 19.3 Å². The molecule has 0 N–H and O–H groups in total. The van der Waals surface area contributed by atoms with Gasteiger partial charge in [0.15, 0.2) is 0 Å². The second kappa shape index (κ2) is 13.3. The summed E-state index contributed by atoms with van der Waals surface area (Å²) >= 11 is 0. The molecule has 0 unspecified atom stereocenters. The minimum atomic E-state index is -0.410. The molecule has 0 aromatic heterocycles. The summed E-state index contributed by atoms with van der Waals surface area (Å²) in [6.45, 7) is 10.7. The fourth-order valence-corrected chi connectivity index (χ4v) is 0.285. The van der Waals surface area contributed by atoms with Crippen molar-refractivity contribution in [2.45, 2.75) is 0 Å². The van der Waals surface area contributed by atoms with Crippen LogP contribution in [0.5, 0.6) is 0 Å². The van der Waals surface area contributed by atoms with Crippen LogP contribution in [-0.4, -0.2) is 26.3 Å². The minimum absolute atomic E-state index is 0.293. The lowest BCUT2D eigenvalue weighted by Gasteiger charge is -1.98. The van der Waals surface area contributed by atoms with Crippen LogP contribution in [0.4, 0.5) is 0 Å². The van der Waals surface area contributed by atoms with Gasteiger partial charge < -0.3 is 9.47 Å². The number of carbonyl (C=O) groups excluding carboxylic acids is 1. The van der Waals surface area contributed by atoms with Crippen LogP contribution in [0.2, 0.25) is 0 Å². The van der Waals surface area contributed by atoms with Gasteiger partial charge in [-0.05, 0) is 0 Å². The molecule has 0 saturated carbocycles. The van der Waals surface area contributed by atoms with Gasteiger partial charge in [-0.3, -0.25) is 0 Å². The lowest BCUT2D eigenvalue weighted by atomic mass is 10.6. The molecule has 0 aliphatic rings. The van der Waals surface area contributed by atoms with Gasteiger partial charge in [-0.1, -0.05) is 31.9 Å². The first kappa shape index (κ1) is 14.2. The van der Waals surface area contributed by atoms with Crippen molar-refractivity contribution in [1.82, 2.24) is 0 Å². The maximum atomic E-state index is 10.3. The Morgan fingerprint density at radius 1 is 1.23 bits per heavy atom. The second-order valence-corrected chi connectivity index (χ2v) is 1.84. The van der Waals surface area contributed by atoms with Crippen LogP contribution in [-0.2, 0) is 14.3 Å². The number of esters is 1. The van der Waals surface area contributed by atoms with E-state index in [1.165, 1.54) is 0 Å². The Bertz CT molecular complexity index is 156. The molecule has 0 aromatic rings. The zero-order chi connectivity index (χ0) is 10.5. The topological polar surface area (TPSA) is 35.5 Å². The average Bonchev–Trinajstić information content (AvgIpc) is 2.18. The summed E-state index contributed by atoms with van der Waals surface area (Å²) in [5, 5.41) is 0. The molecule has 0 spiro atoms. The molecule has 0 radical (unpaired) electrons. The van der Waals surface area contributed by atoms with Crippen molar-refractivity contribution in [2.24, 2.45) is 0 Å². The Hall–Kier alpha value is -1.35. The molecule has 0 fully saturated rings. The number of ether oxygens (including phenoxy) is 2. The lowest BCUT2D eigenvalue weighted by molar-refractivity contribution is -0.138. The van der Waals surface area contributed by atoms with Crippen LogP contribution in [0.25, 0.3) is 0 Å². The first-order valence-electron chi connectivity index (χ1n) is 3.74. The molecular weight excluding hydrogens is 168 g/mol. The van der Waals surface area contributed by atoms with Crippen LogP contribution >= 0.6 is 0 Å². The number of methoxy groups -OCH3 is 1. The van der Waals surface area contributed by atoms with E-state index in [1.807, 2.05) is 0 Å². The van der Waals surface area contributed by atoms with Crippen molar-refractivity contribution < 1.29 is 14.3 Å². The average molecular weight is 184 g/mol. The van der Waals surface area contributed by atoms with Crippen LogP contribution in [0.15, 0.2) is 38.0 Å². The molecule has 0 aromatic carbocycles. The monoisotopic (exact) mass is 184 g/mol. The highest BCUT2D eigenvalue weighted by Crippen LogP contribution is 1.78. The summed E-state index contributed by atoms with van der Waals surface area (Å²) in [6.07, 6.45) is 4.40. The molecule has 3 heteroatoms. The molecule has 0 aliphatic carbocycles. The molecule has 0 saturated heterocycles. The summed E-state index contributed by atoms with van der Waals surface area (Å²) < 4.78 is 9.17. The van der Waals surface area contributed by atoms with Gasteiger partial charge in [0.2, 0.25) is 0 Å². The third kappa shape index (κ3) is 18.0. The lowest BCUT2D eigenvalue weighted by Crippen LogP contribution is -2.06. The molecule has 0 bridgehead atoms. The molecule has 13 heavy (non-hydrogen) atoms. The zero-order valence-electron chi connectivity index (χ0n) is 7.99. The molecule has 0 aliphatic heterocycles. The van der Waals surface area contributed by atoms with E-state index < -0.39 is 5.97 Å². The van der Waals surface area contributed by atoms with Crippen LogP contribution in [0.3, 0.4) is 0 Å². The van der Waals surface area contributed by atoms with E-state index in [9.17, 15) is 4.79 Å². The second-order valence-electron chi connectivity index (χ2n) is 1.84.